The predicted octanol–water partition coefficient (Wildman–Crippen LogP) is 3.20. The number of nitrogens with two attached hydrogens (primary N) is 1. The lowest BCUT2D eigenvalue weighted by Crippen LogP contribution is -2.36. The molecule has 0 aliphatic heterocycles. The van der Waals surface area contributed by atoms with Gasteiger partial charge in [-0.2, -0.15) is 10.4 Å². The molecule has 148 valence electrons. The normalized spacial score (nSPS) is 10.4. The first-order chi connectivity index (χ1) is 14.6. The molecule has 0 atom stereocenters. The molecule has 0 bridgehead atoms. The summed E-state index contributed by atoms with van der Waals surface area (Å²) in [5.74, 6) is 5.51. The second-order valence-electron chi connectivity index (χ2n) is 6.15. The molecule has 0 aliphatic carbocycles. The highest BCUT2D eigenvalue weighted by atomic mass is 16.2. The molecule has 2 N–H and O–H groups in total. The Kier molecular flexibility index (Phi) is 6.53. The number of pyridine rings is 1. The van der Waals surface area contributed by atoms with Crippen LogP contribution in [0.4, 0.5) is 5.69 Å². The van der Waals surface area contributed by atoms with Gasteiger partial charge in [0.1, 0.15) is 6.67 Å². The number of hydrogen-bond acceptors (Lipinski definition) is 6. The molecule has 0 spiro atoms. The van der Waals surface area contributed by atoms with Gasteiger partial charge in [0.05, 0.1) is 24.4 Å². The van der Waals surface area contributed by atoms with E-state index < -0.39 is 5.91 Å². The molecule has 10 heteroatoms. The summed E-state index contributed by atoms with van der Waals surface area (Å²) in [6, 6.07) is 10.7. The highest BCUT2D eigenvalue weighted by Gasteiger charge is 2.10. The number of hydrazine groups is 1. The van der Waals surface area contributed by atoms with Gasteiger partial charge < -0.3 is 0 Å². The third kappa shape index (κ3) is 4.88. The van der Waals surface area contributed by atoms with Gasteiger partial charge in [-0.25, -0.2) is 10.9 Å². The zero-order chi connectivity index (χ0) is 21.3. The van der Waals surface area contributed by atoms with E-state index in [-0.39, 0.29) is 6.67 Å². The molecule has 0 unspecified atom stereocenters. The summed E-state index contributed by atoms with van der Waals surface area (Å²) in [5, 5.41) is 17.4. The van der Waals surface area contributed by atoms with E-state index >= 15 is 0 Å². The van der Waals surface area contributed by atoms with Crippen molar-refractivity contribution < 1.29 is 4.79 Å². The van der Waals surface area contributed by atoms with Gasteiger partial charge in [0.15, 0.2) is 0 Å². The minimum Gasteiger partial charge on any atom is -0.268 e. The summed E-state index contributed by atoms with van der Waals surface area (Å²) in [4.78, 5) is 19.3. The number of carbonyl (C=O) groups excluding carboxylic acids is 1. The minimum atomic E-state index is -0.420. The van der Waals surface area contributed by atoms with Crippen LogP contribution in [0.5, 0.6) is 0 Å². The Morgan fingerprint density at radius 2 is 2.13 bits per heavy atom. The Balaban J connectivity index is 1.77. The minimum absolute atomic E-state index is 0.0839. The standard InChI is InChI=1S/C20H17N9O/c21-9-7-15-1-4-18(5-2-15)29(23)20(30)6-3-16-11-24-10-8-19(16)17-12-26-28(13-17)14-25-27-22/h1-6,8,10-13H,7,14,23H2/b6-3+. The number of rotatable bonds is 7. The van der Waals surface area contributed by atoms with E-state index in [9.17, 15) is 4.79 Å². The van der Waals surface area contributed by atoms with Gasteiger partial charge in [0.2, 0.25) is 0 Å². The average molecular weight is 399 g/mol. The van der Waals surface area contributed by atoms with Crippen molar-refractivity contribution in [2.75, 3.05) is 5.01 Å². The summed E-state index contributed by atoms with van der Waals surface area (Å²) in [6.07, 6.45) is 9.91. The van der Waals surface area contributed by atoms with Crippen LogP contribution < -0.4 is 10.9 Å². The van der Waals surface area contributed by atoms with Crippen LogP contribution in [0.15, 0.2) is 66.3 Å². The molecule has 2 heterocycles. The van der Waals surface area contributed by atoms with E-state index in [0.717, 1.165) is 21.7 Å². The first-order valence-electron chi connectivity index (χ1n) is 8.83. The molecule has 30 heavy (non-hydrogen) atoms. The lowest BCUT2D eigenvalue weighted by Gasteiger charge is -2.15. The Hall–Kier alpha value is -4.45. The summed E-state index contributed by atoms with van der Waals surface area (Å²) in [6.45, 7) is 0.0839. The van der Waals surface area contributed by atoms with Crippen molar-refractivity contribution in [2.24, 2.45) is 11.0 Å². The highest BCUT2D eigenvalue weighted by Crippen LogP contribution is 2.23. The summed E-state index contributed by atoms with van der Waals surface area (Å²) in [5.41, 5.74) is 12.1. The van der Waals surface area contributed by atoms with E-state index in [1.54, 1.807) is 61.2 Å². The zero-order valence-corrected chi connectivity index (χ0v) is 15.8. The molecule has 10 nitrogen and oxygen atoms in total. The van der Waals surface area contributed by atoms with E-state index in [1.807, 2.05) is 0 Å². The summed E-state index contributed by atoms with van der Waals surface area (Å²) >= 11 is 0. The average Bonchev–Trinajstić information content (AvgIpc) is 3.25. The van der Waals surface area contributed by atoms with Crippen molar-refractivity contribution in [3.63, 3.8) is 0 Å². The van der Waals surface area contributed by atoms with Crippen molar-refractivity contribution >= 4 is 17.7 Å². The third-order valence-electron chi connectivity index (χ3n) is 4.21. The first kappa shape index (κ1) is 20.3. The number of carbonyl (C=O) groups is 1. The third-order valence-corrected chi connectivity index (χ3v) is 4.21. The maximum Gasteiger partial charge on any atom is 0.265 e. The smallest absolute Gasteiger partial charge is 0.265 e. The van der Waals surface area contributed by atoms with E-state index in [2.05, 4.69) is 26.2 Å². The summed E-state index contributed by atoms with van der Waals surface area (Å²) < 4.78 is 1.51. The number of aromatic nitrogens is 3. The molecule has 0 aliphatic rings. The van der Waals surface area contributed by atoms with E-state index in [1.165, 1.54) is 10.8 Å². The van der Waals surface area contributed by atoms with Crippen molar-refractivity contribution in [1.29, 1.82) is 5.26 Å². The Morgan fingerprint density at radius 3 is 2.87 bits per heavy atom. The maximum atomic E-state index is 12.5. The number of amides is 1. The van der Waals surface area contributed by atoms with Gasteiger partial charge in [0, 0.05) is 40.7 Å². The van der Waals surface area contributed by atoms with Crippen LogP contribution in [0.3, 0.4) is 0 Å². The van der Waals surface area contributed by atoms with Crippen LogP contribution in [-0.2, 0) is 17.9 Å². The van der Waals surface area contributed by atoms with E-state index in [4.69, 9.17) is 16.6 Å². The molecule has 3 aromatic rings. The predicted molar refractivity (Wildman–Crippen MR) is 111 cm³/mol. The fourth-order valence-electron chi connectivity index (χ4n) is 2.71. The molecule has 1 aromatic carbocycles. The molecule has 0 saturated carbocycles. The number of nitrogens with zero attached hydrogens (tertiary/aromatic N) is 8. The molecule has 1 amide bonds. The fourth-order valence-corrected chi connectivity index (χ4v) is 2.71. The Labute approximate surface area is 172 Å². The van der Waals surface area contributed by atoms with Crippen LogP contribution in [0.1, 0.15) is 11.1 Å². The summed E-state index contributed by atoms with van der Waals surface area (Å²) in [7, 11) is 0. The molecule has 0 saturated heterocycles. The number of anilines is 1. The second kappa shape index (κ2) is 9.66. The lowest BCUT2D eigenvalue weighted by atomic mass is 10.0. The van der Waals surface area contributed by atoms with Crippen LogP contribution in [0.25, 0.3) is 27.6 Å². The number of nitriles is 1. The number of benzene rings is 1. The van der Waals surface area contributed by atoms with Gasteiger partial charge in [-0.3, -0.25) is 14.5 Å². The topological polar surface area (TPSA) is 150 Å². The van der Waals surface area contributed by atoms with Crippen molar-refractivity contribution in [3.05, 3.63) is 82.8 Å². The van der Waals surface area contributed by atoms with E-state index in [0.29, 0.717) is 17.7 Å². The van der Waals surface area contributed by atoms with Gasteiger partial charge in [0.25, 0.3) is 5.91 Å². The monoisotopic (exact) mass is 399 g/mol. The SMILES string of the molecule is N#CCc1ccc(N(N)C(=O)/C=C/c2cnccc2-c2cnn(CN=[N+]=[N-])c2)cc1. The van der Waals surface area contributed by atoms with Crippen LogP contribution in [0, 0.1) is 11.3 Å². The van der Waals surface area contributed by atoms with Gasteiger partial charge in [-0.1, -0.05) is 17.2 Å². The Morgan fingerprint density at radius 1 is 1.33 bits per heavy atom. The zero-order valence-electron chi connectivity index (χ0n) is 15.8. The van der Waals surface area contributed by atoms with Gasteiger partial charge >= 0.3 is 0 Å². The quantitative estimate of drug-likeness (QED) is 0.123. The molecular formula is C20H17N9O. The highest BCUT2D eigenvalue weighted by molar-refractivity contribution is 6.03. The number of azide groups is 1. The fraction of sp³-hybridized carbons (Fsp3) is 0.100. The molecule has 0 fully saturated rings. The molecule has 0 radical (unpaired) electrons. The van der Waals surface area contributed by atoms with Gasteiger partial charge in [-0.15, -0.1) is 0 Å². The second-order valence-corrected chi connectivity index (χ2v) is 6.15. The maximum absolute atomic E-state index is 12.5. The van der Waals surface area contributed by atoms with Gasteiger partial charge in [-0.05, 0) is 40.9 Å². The molecule has 3 rings (SSSR count). The first-order valence-corrected chi connectivity index (χ1v) is 8.83. The van der Waals surface area contributed by atoms with Crippen molar-refractivity contribution in [1.82, 2.24) is 14.8 Å². The molecular weight excluding hydrogens is 382 g/mol. The van der Waals surface area contributed by atoms with Crippen LogP contribution in [-0.4, -0.2) is 20.7 Å². The Bertz CT molecular complexity index is 1150. The number of hydrogen-bond donors (Lipinski definition) is 1. The van der Waals surface area contributed by atoms with Crippen molar-refractivity contribution in [3.8, 4) is 17.2 Å². The van der Waals surface area contributed by atoms with Crippen LogP contribution in [0.2, 0.25) is 0 Å². The largest absolute Gasteiger partial charge is 0.268 e. The van der Waals surface area contributed by atoms with Crippen molar-refractivity contribution in [2.45, 2.75) is 13.1 Å². The lowest BCUT2D eigenvalue weighted by molar-refractivity contribution is -0.114. The van der Waals surface area contributed by atoms with Crippen LogP contribution >= 0.6 is 0 Å². The molecule has 2 aromatic heterocycles.